The maximum Gasteiger partial charge on any atom is 0.191 e. The molecule has 4 nitrogen and oxygen atoms in total. The lowest BCUT2D eigenvalue weighted by Gasteiger charge is -2.16. The molecule has 1 aliphatic rings. The number of ether oxygens (including phenoxy) is 1. The predicted molar refractivity (Wildman–Crippen MR) is 116 cm³/mol. The van der Waals surface area contributed by atoms with Crippen molar-refractivity contribution in [1.82, 2.24) is 10.6 Å². The van der Waals surface area contributed by atoms with Gasteiger partial charge in [0.05, 0.1) is 6.54 Å². The van der Waals surface area contributed by atoms with Gasteiger partial charge in [0.2, 0.25) is 0 Å². The fourth-order valence-corrected chi connectivity index (χ4v) is 3.86. The van der Waals surface area contributed by atoms with Crippen LogP contribution in [0, 0.1) is 0 Å². The number of thioether (sulfide) groups is 1. The van der Waals surface area contributed by atoms with Crippen molar-refractivity contribution < 1.29 is 4.74 Å². The minimum Gasteiger partial charge on any atom is -0.491 e. The summed E-state index contributed by atoms with van der Waals surface area (Å²) in [6.07, 6.45) is 2.65. The second kappa shape index (κ2) is 11.8. The zero-order chi connectivity index (χ0) is 16.5. The van der Waals surface area contributed by atoms with Crippen LogP contribution in [-0.2, 0) is 0 Å². The van der Waals surface area contributed by atoms with Gasteiger partial charge < -0.3 is 15.4 Å². The van der Waals surface area contributed by atoms with Crippen LogP contribution in [0.4, 0.5) is 0 Å². The van der Waals surface area contributed by atoms with E-state index in [4.69, 9.17) is 4.74 Å². The third-order valence-corrected chi connectivity index (χ3v) is 5.34. The number of hydrogen-bond acceptors (Lipinski definition) is 3. The lowest BCUT2D eigenvalue weighted by atomic mass is 10.0. The van der Waals surface area contributed by atoms with Gasteiger partial charge in [0.15, 0.2) is 5.96 Å². The first-order valence-corrected chi connectivity index (χ1v) is 9.53. The van der Waals surface area contributed by atoms with Gasteiger partial charge in [-0.3, -0.25) is 4.99 Å². The molecular weight excluding hydrogens is 433 g/mol. The van der Waals surface area contributed by atoms with E-state index < -0.39 is 0 Å². The summed E-state index contributed by atoms with van der Waals surface area (Å²) in [5.74, 6) is 3.60. The summed E-state index contributed by atoms with van der Waals surface area (Å²) in [4.78, 5) is 4.27. The van der Waals surface area contributed by atoms with Gasteiger partial charge in [0.25, 0.3) is 0 Å². The highest BCUT2D eigenvalue weighted by molar-refractivity contribution is 14.0. The molecular formula is C18H30IN3OS. The molecule has 1 aromatic carbocycles. The Morgan fingerprint density at radius 3 is 2.79 bits per heavy atom. The standard InChI is InChI=1S/C18H29N3OS.HI/c1-14(2)16-8-4-5-9-17(16)22-11-10-20-18(19-3)21-13-15-7-6-12-23-15;/h4-5,8-9,14-15H,6-7,10-13H2,1-3H3,(H2,19,20,21);1H. The number of nitrogens with zero attached hydrogens (tertiary/aromatic N) is 1. The molecule has 1 atom stereocenters. The Bertz CT molecular complexity index is 505. The van der Waals surface area contributed by atoms with Crippen molar-refractivity contribution in [2.75, 3.05) is 32.5 Å². The van der Waals surface area contributed by atoms with Crippen molar-refractivity contribution in [3.05, 3.63) is 29.8 Å². The number of benzene rings is 1. The zero-order valence-electron chi connectivity index (χ0n) is 14.9. The minimum atomic E-state index is 0. The van der Waals surface area contributed by atoms with E-state index in [1.165, 1.54) is 24.2 Å². The fraction of sp³-hybridized carbons (Fsp3) is 0.611. The predicted octanol–water partition coefficient (Wildman–Crippen LogP) is 3.87. The van der Waals surface area contributed by atoms with Crippen LogP contribution in [0.1, 0.15) is 38.2 Å². The fourth-order valence-electron chi connectivity index (χ4n) is 2.66. The number of halogens is 1. The van der Waals surface area contributed by atoms with Gasteiger partial charge in [0.1, 0.15) is 12.4 Å². The zero-order valence-corrected chi connectivity index (χ0v) is 18.0. The van der Waals surface area contributed by atoms with E-state index in [9.17, 15) is 0 Å². The first-order valence-electron chi connectivity index (χ1n) is 8.48. The molecule has 0 spiro atoms. The van der Waals surface area contributed by atoms with E-state index in [1.807, 2.05) is 19.2 Å². The molecule has 0 amide bonds. The summed E-state index contributed by atoms with van der Waals surface area (Å²) in [6, 6.07) is 8.26. The van der Waals surface area contributed by atoms with E-state index in [-0.39, 0.29) is 24.0 Å². The normalized spacial score (nSPS) is 17.5. The summed E-state index contributed by atoms with van der Waals surface area (Å²) in [6.45, 7) is 6.73. The van der Waals surface area contributed by atoms with Crippen LogP contribution in [-0.4, -0.2) is 43.7 Å². The molecule has 1 unspecified atom stereocenters. The molecule has 6 heteroatoms. The lowest BCUT2D eigenvalue weighted by molar-refractivity contribution is 0.317. The Hall–Kier alpha value is -0.630. The topological polar surface area (TPSA) is 45.7 Å². The van der Waals surface area contributed by atoms with Crippen LogP contribution in [0.25, 0.3) is 0 Å². The van der Waals surface area contributed by atoms with Crippen LogP contribution >= 0.6 is 35.7 Å². The summed E-state index contributed by atoms with van der Waals surface area (Å²) >= 11 is 2.05. The second-order valence-electron chi connectivity index (χ2n) is 6.06. The number of guanidine groups is 1. The molecule has 0 aliphatic carbocycles. The van der Waals surface area contributed by atoms with Gasteiger partial charge >= 0.3 is 0 Å². The van der Waals surface area contributed by atoms with Gasteiger partial charge in [-0.2, -0.15) is 11.8 Å². The molecule has 2 rings (SSSR count). The molecule has 1 aliphatic heterocycles. The molecule has 0 radical (unpaired) electrons. The summed E-state index contributed by atoms with van der Waals surface area (Å²) in [5, 5.41) is 7.44. The smallest absolute Gasteiger partial charge is 0.191 e. The highest BCUT2D eigenvalue weighted by Gasteiger charge is 2.15. The van der Waals surface area contributed by atoms with Gasteiger partial charge in [0, 0.05) is 18.8 Å². The van der Waals surface area contributed by atoms with Crippen LogP contribution in [0.15, 0.2) is 29.3 Å². The summed E-state index contributed by atoms with van der Waals surface area (Å²) in [7, 11) is 1.81. The van der Waals surface area contributed by atoms with E-state index in [0.717, 1.165) is 30.0 Å². The average molecular weight is 463 g/mol. The van der Waals surface area contributed by atoms with Crippen molar-refractivity contribution in [3.8, 4) is 5.75 Å². The number of nitrogens with one attached hydrogen (secondary N) is 2. The molecule has 2 N–H and O–H groups in total. The third kappa shape index (κ3) is 7.09. The van der Waals surface area contributed by atoms with Gasteiger partial charge in [-0.1, -0.05) is 32.0 Å². The highest BCUT2D eigenvalue weighted by atomic mass is 127. The monoisotopic (exact) mass is 463 g/mol. The van der Waals surface area contributed by atoms with Crippen molar-refractivity contribution in [3.63, 3.8) is 0 Å². The Morgan fingerprint density at radius 1 is 1.33 bits per heavy atom. The number of para-hydroxylation sites is 1. The second-order valence-corrected chi connectivity index (χ2v) is 7.46. The maximum atomic E-state index is 5.92. The van der Waals surface area contributed by atoms with Crippen molar-refractivity contribution >= 4 is 41.7 Å². The molecule has 1 fully saturated rings. The summed E-state index contributed by atoms with van der Waals surface area (Å²) in [5.41, 5.74) is 1.26. The van der Waals surface area contributed by atoms with Crippen LogP contribution < -0.4 is 15.4 Å². The molecule has 1 heterocycles. The third-order valence-electron chi connectivity index (χ3n) is 3.94. The van der Waals surface area contributed by atoms with E-state index in [0.29, 0.717) is 12.5 Å². The number of hydrogen-bond donors (Lipinski definition) is 2. The Labute approximate surface area is 167 Å². The van der Waals surface area contributed by atoms with E-state index in [1.54, 1.807) is 0 Å². The molecule has 24 heavy (non-hydrogen) atoms. The van der Waals surface area contributed by atoms with Crippen LogP contribution in [0.5, 0.6) is 5.75 Å². The Balaban J connectivity index is 0.00000288. The maximum absolute atomic E-state index is 5.92. The first kappa shape index (κ1) is 21.4. The quantitative estimate of drug-likeness (QED) is 0.279. The summed E-state index contributed by atoms with van der Waals surface area (Å²) < 4.78 is 5.92. The van der Waals surface area contributed by atoms with Gasteiger partial charge in [-0.25, -0.2) is 0 Å². The molecule has 136 valence electrons. The van der Waals surface area contributed by atoms with Crippen molar-refractivity contribution in [1.29, 1.82) is 0 Å². The average Bonchev–Trinajstić information content (AvgIpc) is 3.08. The number of rotatable bonds is 7. The molecule has 0 saturated carbocycles. The van der Waals surface area contributed by atoms with E-state index >= 15 is 0 Å². The molecule has 0 bridgehead atoms. The first-order chi connectivity index (χ1) is 11.2. The van der Waals surface area contributed by atoms with E-state index in [2.05, 4.69) is 53.4 Å². The van der Waals surface area contributed by atoms with Gasteiger partial charge in [-0.15, -0.1) is 24.0 Å². The largest absolute Gasteiger partial charge is 0.491 e. The SMILES string of the molecule is CN=C(NCCOc1ccccc1C(C)C)NCC1CCCS1.I. The molecule has 0 aromatic heterocycles. The van der Waals surface area contributed by atoms with Crippen molar-refractivity contribution in [2.24, 2.45) is 4.99 Å². The minimum absolute atomic E-state index is 0. The molecule has 1 saturated heterocycles. The Kier molecular flexibility index (Phi) is 10.6. The van der Waals surface area contributed by atoms with Gasteiger partial charge in [-0.05, 0) is 36.1 Å². The van der Waals surface area contributed by atoms with Crippen LogP contribution in [0.2, 0.25) is 0 Å². The van der Waals surface area contributed by atoms with Crippen LogP contribution in [0.3, 0.4) is 0 Å². The molecule has 1 aromatic rings. The lowest BCUT2D eigenvalue weighted by Crippen LogP contribution is -2.41. The highest BCUT2D eigenvalue weighted by Crippen LogP contribution is 2.26. The number of aliphatic imine (C=N–C) groups is 1. The van der Waals surface area contributed by atoms with Crippen molar-refractivity contribution in [2.45, 2.75) is 37.9 Å². The Morgan fingerprint density at radius 2 is 2.12 bits per heavy atom.